The van der Waals surface area contributed by atoms with Crippen LogP contribution in [0.5, 0.6) is 5.75 Å². The molecule has 1 heterocycles. The number of hydrogen-bond donors (Lipinski definition) is 2. The summed E-state index contributed by atoms with van der Waals surface area (Å²) in [5.74, 6) is -0.0637. The summed E-state index contributed by atoms with van der Waals surface area (Å²) in [6, 6.07) is 14.7. The van der Waals surface area contributed by atoms with E-state index in [2.05, 4.69) is 31.4 Å². The van der Waals surface area contributed by atoms with Gasteiger partial charge in [0.05, 0.1) is 11.8 Å². The monoisotopic (exact) mass is 396 g/mol. The first-order valence-electron chi connectivity index (χ1n) is 7.38. The van der Waals surface area contributed by atoms with Crippen LogP contribution in [0.1, 0.15) is 11.1 Å². The molecule has 0 fully saturated rings. The van der Waals surface area contributed by atoms with E-state index >= 15 is 0 Å². The van der Waals surface area contributed by atoms with Gasteiger partial charge in [-0.25, -0.2) is 5.43 Å². The minimum atomic E-state index is -0.413. The number of aromatic nitrogens is 1. The number of nitriles is 1. The van der Waals surface area contributed by atoms with Crippen LogP contribution in [-0.4, -0.2) is 23.7 Å². The molecular formula is C18H13BrN4O2. The van der Waals surface area contributed by atoms with E-state index < -0.39 is 5.91 Å². The fourth-order valence-corrected chi connectivity index (χ4v) is 2.65. The Labute approximate surface area is 152 Å². The van der Waals surface area contributed by atoms with Crippen molar-refractivity contribution < 1.29 is 9.53 Å². The SMILES string of the molecule is N#Cc1cc(Br)ccc1OCC(=O)N/N=C/c1cccc2[nH]ccc12. The molecule has 3 rings (SSSR count). The fraction of sp³-hybridized carbons (Fsp3) is 0.0556. The number of amides is 1. The molecule has 0 aliphatic heterocycles. The van der Waals surface area contributed by atoms with E-state index in [-0.39, 0.29) is 6.61 Å². The van der Waals surface area contributed by atoms with Gasteiger partial charge in [0.1, 0.15) is 11.8 Å². The van der Waals surface area contributed by atoms with Crippen molar-refractivity contribution in [2.75, 3.05) is 6.61 Å². The molecule has 0 aliphatic carbocycles. The van der Waals surface area contributed by atoms with Gasteiger partial charge in [0, 0.05) is 27.1 Å². The molecule has 1 amide bonds. The van der Waals surface area contributed by atoms with Crippen molar-refractivity contribution in [3.05, 3.63) is 64.3 Å². The Balaban J connectivity index is 1.58. The van der Waals surface area contributed by atoms with E-state index in [4.69, 9.17) is 10.00 Å². The van der Waals surface area contributed by atoms with Crippen molar-refractivity contribution in [1.82, 2.24) is 10.4 Å². The second kappa shape index (κ2) is 7.64. The summed E-state index contributed by atoms with van der Waals surface area (Å²) >= 11 is 3.28. The quantitative estimate of drug-likeness (QED) is 0.511. The van der Waals surface area contributed by atoms with Gasteiger partial charge in [0.25, 0.3) is 5.91 Å². The highest BCUT2D eigenvalue weighted by Gasteiger charge is 2.07. The normalized spacial score (nSPS) is 10.7. The molecule has 0 radical (unpaired) electrons. The lowest BCUT2D eigenvalue weighted by molar-refractivity contribution is -0.123. The van der Waals surface area contributed by atoms with Gasteiger partial charge in [-0.3, -0.25) is 4.79 Å². The number of H-pyrrole nitrogens is 1. The number of aromatic amines is 1. The number of ether oxygens (including phenoxy) is 1. The third-order valence-corrected chi connectivity index (χ3v) is 3.94. The first-order chi connectivity index (χ1) is 12.2. The highest BCUT2D eigenvalue weighted by molar-refractivity contribution is 9.10. The predicted octanol–water partition coefficient (Wildman–Crippen LogP) is 3.33. The van der Waals surface area contributed by atoms with E-state index in [1.165, 1.54) is 0 Å². The molecule has 6 nitrogen and oxygen atoms in total. The van der Waals surface area contributed by atoms with Gasteiger partial charge < -0.3 is 9.72 Å². The molecule has 0 saturated heterocycles. The van der Waals surface area contributed by atoms with E-state index in [0.29, 0.717) is 11.3 Å². The molecule has 124 valence electrons. The molecule has 2 aromatic carbocycles. The maximum Gasteiger partial charge on any atom is 0.277 e. The molecule has 1 aromatic heterocycles. The van der Waals surface area contributed by atoms with Crippen LogP contribution in [-0.2, 0) is 4.79 Å². The van der Waals surface area contributed by atoms with Crippen molar-refractivity contribution in [2.24, 2.45) is 5.10 Å². The Morgan fingerprint density at radius 2 is 2.24 bits per heavy atom. The summed E-state index contributed by atoms with van der Waals surface area (Å²) in [5.41, 5.74) is 4.65. The van der Waals surface area contributed by atoms with Gasteiger partial charge in [-0.2, -0.15) is 10.4 Å². The molecule has 0 saturated carbocycles. The minimum Gasteiger partial charge on any atom is -0.482 e. The number of hydrogen-bond acceptors (Lipinski definition) is 4. The number of halogens is 1. The summed E-state index contributed by atoms with van der Waals surface area (Å²) < 4.78 is 6.14. The molecule has 7 heteroatoms. The number of carbonyl (C=O) groups is 1. The number of nitrogens with one attached hydrogen (secondary N) is 2. The molecule has 0 bridgehead atoms. The maximum atomic E-state index is 11.8. The zero-order valence-electron chi connectivity index (χ0n) is 13.0. The van der Waals surface area contributed by atoms with Gasteiger partial charge in [-0.05, 0) is 30.3 Å². The van der Waals surface area contributed by atoms with Crippen molar-refractivity contribution in [3.8, 4) is 11.8 Å². The Kier molecular flexibility index (Phi) is 5.11. The smallest absolute Gasteiger partial charge is 0.277 e. The zero-order chi connectivity index (χ0) is 17.6. The predicted molar refractivity (Wildman–Crippen MR) is 98.4 cm³/mol. The number of fused-ring (bicyclic) bond motifs is 1. The molecule has 0 spiro atoms. The van der Waals surface area contributed by atoms with Gasteiger partial charge in [-0.15, -0.1) is 0 Å². The van der Waals surface area contributed by atoms with Crippen LogP contribution in [0, 0.1) is 11.3 Å². The van der Waals surface area contributed by atoms with E-state index in [1.54, 1.807) is 24.4 Å². The maximum absolute atomic E-state index is 11.8. The molecule has 25 heavy (non-hydrogen) atoms. The van der Waals surface area contributed by atoms with Crippen molar-refractivity contribution in [3.63, 3.8) is 0 Å². The van der Waals surface area contributed by atoms with Crippen molar-refractivity contribution in [1.29, 1.82) is 5.26 Å². The molecule has 0 aliphatic rings. The number of rotatable bonds is 5. The average molecular weight is 397 g/mol. The topological polar surface area (TPSA) is 90.3 Å². The van der Waals surface area contributed by atoms with Crippen LogP contribution in [0.2, 0.25) is 0 Å². The lowest BCUT2D eigenvalue weighted by Crippen LogP contribution is -2.24. The van der Waals surface area contributed by atoms with E-state index in [1.807, 2.05) is 36.5 Å². The van der Waals surface area contributed by atoms with Crippen LogP contribution in [0.4, 0.5) is 0 Å². The third-order valence-electron chi connectivity index (χ3n) is 3.44. The van der Waals surface area contributed by atoms with Crippen LogP contribution in [0.3, 0.4) is 0 Å². The molecule has 0 atom stereocenters. The Hall–Kier alpha value is -3.11. The number of benzene rings is 2. The summed E-state index contributed by atoms with van der Waals surface area (Å²) in [6.07, 6.45) is 3.42. The lowest BCUT2D eigenvalue weighted by atomic mass is 10.1. The first kappa shape index (κ1) is 16.7. The number of nitrogens with zero attached hydrogens (tertiary/aromatic N) is 2. The number of carbonyl (C=O) groups excluding carboxylic acids is 1. The minimum absolute atomic E-state index is 0.234. The summed E-state index contributed by atoms with van der Waals surface area (Å²) in [7, 11) is 0. The standard InChI is InChI=1S/C18H13BrN4O2/c19-14-4-5-17(13(8-14)9-20)25-11-18(24)23-22-10-12-2-1-3-16-15(12)6-7-21-16/h1-8,10,21H,11H2,(H,23,24)/b22-10+. The summed E-state index contributed by atoms with van der Waals surface area (Å²) in [6.45, 7) is -0.234. The number of hydrazone groups is 1. The Bertz CT molecular complexity index is 988. The van der Waals surface area contributed by atoms with E-state index in [0.717, 1.165) is 20.9 Å². The second-order valence-corrected chi connectivity index (χ2v) is 6.04. The molecule has 3 aromatic rings. The third kappa shape index (κ3) is 4.05. The largest absolute Gasteiger partial charge is 0.482 e. The Morgan fingerprint density at radius 3 is 3.08 bits per heavy atom. The highest BCUT2D eigenvalue weighted by Crippen LogP contribution is 2.22. The first-order valence-corrected chi connectivity index (χ1v) is 8.17. The fourth-order valence-electron chi connectivity index (χ4n) is 2.29. The molecular weight excluding hydrogens is 384 g/mol. The van der Waals surface area contributed by atoms with Crippen LogP contribution in [0.25, 0.3) is 10.9 Å². The second-order valence-electron chi connectivity index (χ2n) is 5.12. The van der Waals surface area contributed by atoms with Gasteiger partial charge >= 0.3 is 0 Å². The zero-order valence-corrected chi connectivity index (χ0v) is 14.6. The van der Waals surface area contributed by atoms with E-state index in [9.17, 15) is 4.79 Å². The van der Waals surface area contributed by atoms with Crippen molar-refractivity contribution in [2.45, 2.75) is 0 Å². The van der Waals surface area contributed by atoms with Gasteiger partial charge in [0.15, 0.2) is 6.61 Å². The molecule has 2 N–H and O–H groups in total. The average Bonchev–Trinajstić information content (AvgIpc) is 3.10. The van der Waals surface area contributed by atoms with Gasteiger partial charge in [-0.1, -0.05) is 28.1 Å². The lowest BCUT2D eigenvalue weighted by Gasteiger charge is -2.07. The van der Waals surface area contributed by atoms with Crippen molar-refractivity contribution >= 4 is 39.0 Å². The summed E-state index contributed by atoms with van der Waals surface area (Å²) in [5, 5.41) is 14.0. The van der Waals surface area contributed by atoms with Crippen LogP contribution < -0.4 is 10.2 Å². The van der Waals surface area contributed by atoms with Gasteiger partial charge in [0.2, 0.25) is 0 Å². The van der Waals surface area contributed by atoms with Crippen LogP contribution in [0.15, 0.2) is 58.2 Å². The highest BCUT2D eigenvalue weighted by atomic mass is 79.9. The summed E-state index contributed by atoms with van der Waals surface area (Å²) in [4.78, 5) is 15.0. The molecule has 0 unspecified atom stereocenters. The van der Waals surface area contributed by atoms with Crippen LogP contribution >= 0.6 is 15.9 Å². The Morgan fingerprint density at radius 1 is 1.36 bits per heavy atom.